The molecule has 5 rings (SSSR count). The van der Waals surface area contributed by atoms with Gasteiger partial charge in [0.05, 0.1) is 5.69 Å². The van der Waals surface area contributed by atoms with Crippen LogP contribution in [-0.2, 0) is 4.79 Å². The summed E-state index contributed by atoms with van der Waals surface area (Å²) in [5.74, 6) is 1.98. The second-order valence-electron chi connectivity index (χ2n) is 8.80. The van der Waals surface area contributed by atoms with E-state index < -0.39 is 0 Å². The number of hydrogen-bond donors (Lipinski definition) is 1. The number of amidine groups is 1. The molecule has 0 aliphatic carbocycles. The molecule has 3 aliphatic rings. The normalized spacial score (nSPS) is 19.6. The molecular formula is C24H31N7O2S. The molecule has 5 heterocycles. The van der Waals surface area contributed by atoms with Crippen molar-refractivity contribution >= 4 is 40.5 Å². The second kappa shape index (κ2) is 10.0. The van der Waals surface area contributed by atoms with E-state index in [0.29, 0.717) is 32.5 Å². The average Bonchev–Trinajstić information content (AvgIpc) is 3.53. The first-order chi connectivity index (χ1) is 16.7. The predicted octanol–water partition coefficient (Wildman–Crippen LogP) is 2.92. The standard InChI is InChI=1S/C24H31N7O2S/c1-2-3-6-12-30-23(33)22-18(10-17-34-22)31-20(26-27-24(30)31)8-9-21(32)29-15-13-28(14-16-29)19-7-4-5-11-25-19/h4-5,7,10-11,17,24,27H,2-3,6,8-9,12-16H2,1H3. The van der Waals surface area contributed by atoms with Gasteiger partial charge in [-0.2, -0.15) is 5.10 Å². The highest BCUT2D eigenvalue weighted by atomic mass is 32.1. The van der Waals surface area contributed by atoms with Gasteiger partial charge in [-0.3, -0.25) is 24.8 Å². The number of thiophene rings is 1. The molecule has 2 amide bonds. The fourth-order valence-electron chi connectivity index (χ4n) is 4.79. The van der Waals surface area contributed by atoms with Crippen molar-refractivity contribution in [2.45, 2.75) is 45.3 Å². The SMILES string of the molecule is CCCCCN1C(=O)c2sccc2N2C(CCC(=O)N3CCN(c4ccccn4)CC3)=NNC12. The van der Waals surface area contributed by atoms with E-state index in [-0.39, 0.29) is 18.1 Å². The zero-order valence-corrected chi connectivity index (χ0v) is 20.3. The summed E-state index contributed by atoms with van der Waals surface area (Å²) in [6, 6.07) is 7.89. The lowest BCUT2D eigenvalue weighted by molar-refractivity contribution is -0.131. The number of amides is 2. The van der Waals surface area contributed by atoms with Crippen LogP contribution >= 0.6 is 11.3 Å². The Morgan fingerprint density at radius 2 is 2.03 bits per heavy atom. The van der Waals surface area contributed by atoms with Crippen LogP contribution in [0.5, 0.6) is 0 Å². The smallest absolute Gasteiger partial charge is 0.269 e. The van der Waals surface area contributed by atoms with Crippen molar-refractivity contribution in [3.05, 3.63) is 40.7 Å². The number of aromatic nitrogens is 1. The van der Waals surface area contributed by atoms with Crippen molar-refractivity contribution in [3.63, 3.8) is 0 Å². The number of pyridine rings is 1. The first-order valence-electron chi connectivity index (χ1n) is 12.1. The van der Waals surface area contributed by atoms with Gasteiger partial charge in [0, 0.05) is 51.8 Å². The molecular weight excluding hydrogens is 450 g/mol. The number of nitrogens with zero attached hydrogens (tertiary/aromatic N) is 6. The molecule has 1 saturated heterocycles. The van der Waals surface area contributed by atoms with E-state index in [0.717, 1.165) is 54.6 Å². The van der Waals surface area contributed by atoms with Gasteiger partial charge < -0.3 is 9.80 Å². The molecule has 9 nitrogen and oxygen atoms in total. The van der Waals surface area contributed by atoms with Crippen LogP contribution in [0.2, 0.25) is 0 Å². The molecule has 3 aliphatic heterocycles. The molecule has 1 atom stereocenters. The van der Waals surface area contributed by atoms with E-state index in [9.17, 15) is 9.59 Å². The monoisotopic (exact) mass is 481 g/mol. The van der Waals surface area contributed by atoms with E-state index in [1.54, 1.807) is 6.20 Å². The Kier molecular flexibility index (Phi) is 6.66. The highest BCUT2D eigenvalue weighted by Crippen LogP contribution is 2.37. The Balaban J connectivity index is 1.19. The number of unbranched alkanes of at least 4 members (excludes halogenated alkanes) is 2. The molecule has 0 aromatic carbocycles. The summed E-state index contributed by atoms with van der Waals surface area (Å²) in [6.45, 7) is 5.81. The summed E-state index contributed by atoms with van der Waals surface area (Å²) < 4.78 is 0. The lowest BCUT2D eigenvalue weighted by Crippen LogP contribution is -2.58. The summed E-state index contributed by atoms with van der Waals surface area (Å²) >= 11 is 1.47. The minimum Gasteiger partial charge on any atom is -0.353 e. The van der Waals surface area contributed by atoms with Crippen LogP contribution in [0, 0.1) is 0 Å². The number of rotatable bonds is 8. The molecule has 34 heavy (non-hydrogen) atoms. The molecule has 1 unspecified atom stereocenters. The van der Waals surface area contributed by atoms with Gasteiger partial charge in [-0.25, -0.2) is 4.98 Å². The van der Waals surface area contributed by atoms with Gasteiger partial charge in [0.15, 0.2) is 0 Å². The third kappa shape index (κ3) is 4.34. The lowest BCUT2D eigenvalue weighted by atomic mass is 10.1. The summed E-state index contributed by atoms with van der Waals surface area (Å²) in [7, 11) is 0. The molecule has 1 N–H and O–H groups in total. The van der Waals surface area contributed by atoms with Gasteiger partial charge in [-0.05, 0) is 30.0 Å². The van der Waals surface area contributed by atoms with Crippen LogP contribution in [-0.4, -0.2) is 71.4 Å². The third-order valence-electron chi connectivity index (χ3n) is 6.66. The van der Waals surface area contributed by atoms with Crippen molar-refractivity contribution in [2.24, 2.45) is 5.10 Å². The van der Waals surface area contributed by atoms with Crippen molar-refractivity contribution in [2.75, 3.05) is 42.5 Å². The molecule has 0 radical (unpaired) electrons. The van der Waals surface area contributed by atoms with E-state index in [4.69, 9.17) is 0 Å². The predicted molar refractivity (Wildman–Crippen MR) is 134 cm³/mol. The molecule has 10 heteroatoms. The number of piperazine rings is 1. The van der Waals surface area contributed by atoms with Gasteiger partial charge >= 0.3 is 0 Å². The fraction of sp³-hybridized carbons (Fsp3) is 0.500. The zero-order valence-electron chi connectivity index (χ0n) is 19.5. The first-order valence-corrected chi connectivity index (χ1v) is 13.0. The van der Waals surface area contributed by atoms with E-state index in [2.05, 4.69) is 32.2 Å². The van der Waals surface area contributed by atoms with Crippen LogP contribution in [0.1, 0.15) is 48.7 Å². The van der Waals surface area contributed by atoms with Gasteiger partial charge in [0.1, 0.15) is 16.5 Å². The first kappa shape index (κ1) is 22.6. The van der Waals surface area contributed by atoms with Crippen LogP contribution < -0.4 is 15.2 Å². The topological polar surface area (TPSA) is 84.4 Å². The van der Waals surface area contributed by atoms with E-state index in [1.165, 1.54) is 11.3 Å². The highest BCUT2D eigenvalue weighted by molar-refractivity contribution is 7.12. The molecule has 2 aromatic rings. The van der Waals surface area contributed by atoms with Crippen molar-refractivity contribution in [1.82, 2.24) is 20.2 Å². The van der Waals surface area contributed by atoms with Crippen LogP contribution in [0.4, 0.5) is 11.5 Å². The van der Waals surface area contributed by atoms with Crippen LogP contribution in [0.25, 0.3) is 0 Å². The maximum absolute atomic E-state index is 13.1. The maximum Gasteiger partial charge on any atom is 0.269 e. The fourth-order valence-corrected chi connectivity index (χ4v) is 5.63. The van der Waals surface area contributed by atoms with E-state index >= 15 is 0 Å². The Morgan fingerprint density at radius 1 is 1.18 bits per heavy atom. The Labute approximate surface area is 204 Å². The minimum atomic E-state index is -0.307. The molecule has 1 fully saturated rings. The number of fused-ring (bicyclic) bond motifs is 3. The number of carbonyl (C=O) groups is 2. The summed E-state index contributed by atoms with van der Waals surface area (Å²) in [6.07, 6.45) is 5.59. The zero-order chi connectivity index (χ0) is 23.5. The molecule has 0 bridgehead atoms. The Bertz CT molecular complexity index is 1050. The number of carbonyl (C=O) groups excluding carboxylic acids is 2. The lowest BCUT2D eigenvalue weighted by Gasteiger charge is -2.40. The van der Waals surface area contributed by atoms with Crippen molar-refractivity contribution in [1.29, 1.82) is 0 Å². The van der Waals surface area contributed by atoms with Crippen molar-refractivity contribution < 1.29 is 9.59 Å². The third-order valence-corrected chi connectivity index (χ3v) is 7.55. The van der Waals surface area contributed by atoms with Crippen molar-refractivity contribution in [3.8, 4) is 0 Å². The van der Waals surface area contributed by atoms with Gasteiger partial charge in [-0.1, -0.05) is 25.8 Å². The highest BCUT2D eigenvalue weighted by Gasteiger charge is 2.43. The average molecular weight is 482 g/mol. The summed E-state index contributed by atoms with van der Waals surface area (Å²) in [4.78, 5) is 39.4. The minimum absolute atomic E-state index is 0.0631. The quantitative estimate of drug-likeness (QED) is 0.584. The Morgan fingerprint density at radius 3 is 2.79 bits per heavy atom. The van der Waals surface area contributed by atoms with Crippen LogP contribution in [0.15, 0.2) is 40.9 Å². The molecule has 180 valence electrons. The van der Waals surface area contributed by atoms with Gasteiger partial charge in [-0.15, -0.1) is 11.3 Å². The number of anilines is 2. The van der Waals surface area contributed by atoms with Crippen LogP contribution in [0.3, 0.4) is 0 Å². The Hall–Kier alpha value is -3.14. The summed E-state index contributed by atoms with van der Waals surface area (Å²) in [5.41, 5.74) is 4.05. The maximum atomic E-state index is 13.1. The largest absolute Gasteiger partial charge is 0.353 e. The molecule has 0 saturated carbocycles. The number of hydrazone groups is 1. The molecule has 0 spiro atoms. The van der Waals surface area contributed by atoms with Gasteiger partial charge in [0.2, 0.25) is 12.2 Å². The van der Waals surface area contributed by atoms with Gasteiger partial charge in [0.25, 0.3) is 5.91 Å². The summed E-state index contributed by atoms with van der Waals surface area (Å²) in [5, 5.41) is 6.51. The second-order valence-corrected chi connectivity index (χ2v) is 9.71. The molecule has 2 aromatic heterocycles. The van der Waals surface area contributed by atoms with E-state index in [1.807, 2.05) is 39.4 Å². The number of nitrogens with one attached hydrogen (secondary N) is 1. The number of hydrogen-bond acceptors (Lipinski definition) is 8.